The molecule has 11 heteroatoms. The molecule has 1 N–H and O–H groups in total. The van der Waals surface area contributed by atoms with Crippen LogP contribution in [0.3, 0.4) is 0 Å². The molecule has 21 heavy (non-hydrogen) atoms. The lowest BCUT2D eigenvalue weighted by molar-refractivity contribution is -0.384. The topological polar surface area (TPSA) is 111 Å². The van der Waals surface area contributed by atoms with Gasteiger partial charge in [-0.25, -0.2) is 0 Å². The van der Waals surface area contributed by atoms with Crippen LogP contribution >= 0.6 is 34.8 Å². The molecule has 0 unspecified atom stereocenters. The fraction of sp³-hybridized carbons (Fsp3) is 0.100. The van der Waals surface area contributed by atoms with Crippen LogP contribution in [0.1, 0.15) is 0 Å². The van der Waals surface area contributed by atoms with Gasteiger partial charge in [0.15, 0.2) is 0 Å². The van der Waals surface area contributed by atoms with Gasteiger partial charge in [-0.2, -0.15) is 0 Å². The maximum atomic E-state index is 11.4. The molecule has 0 spiro atoms. The Balaban J connectivity index is 2.16. The van der Waals surface area contributed by atoms with E-state index in [0.717, 1.165) is 0 Å². The predicted octanol–water partition coefficient (Wildman–Crippen LogP) is 2.95. The molecule has 1 aromatic carbocycles. The number of hydrogen-bond donors (Lipinski definition) is 1. The third kappa shape index (κ3) is 3.81. The first-order valence-electron chi connectivity index (χ1n) is 5.24. The molecular formula is C10H5Cl3N4O4. The molecule has 0 radical (unpaired) electrons. The summed E-state index contributed by atoms with van der Waals surface area (Å²) in [4.78, 5) is 21.4. The van der Waals surface area contributed by atoms with Gasteiger partial charge in [0, 0.05) is 17.7 Å². The van der Waals surface area contributed by atoms with Crippen molar-refractivity contribution in [3.05, 3.63) is 34.4 Å². The number of non-ortho nitro benzene ring substituents is 1. The number of nitro groups is 1. The van der Waals surface area contributed by atoms with Gasteiger partial charge >= 0.3 is 6.01 Å². The van der Waals surface area contributed by atoms with E-state index in [4.69, 9.17) is 39.2 Å². The average Bonchev–Trinajstić information content (AvgIpc) is 2.86. The summed E-state index contributed by atoms with van der Waals surface area (Å²) in [6.45, 7) is 0. The molecule has 2 aromatic rings. The Morgan fingerprint density at radius 3 is 2.38 bits per heavy atom. The first-order chi connectivity index (χ1) is 9.77. The van der Waals surface area contributed by atoms with Crippen molar-refractivity contribution in [3.8, 4) is 11.5 Å². The minimum Gasteiger partial charge on any atom is -0.403 e. The van der Waals surface area contributed by atoms with E-state index >= 15 is 0 Å². The number of nitro benzene ring substituents is 1. The van der Waals surface area contributed by atoms with E-state index in [1.54, 1.807) is 0 Å². The molecule has 0 saturated heterocycles. The minimum atomic E-state index is -2.16. The van der Waals surface area contributed by atoms with Crippen molar-refractivity contribution in [1.29, 1.82) is 0 Å². The second kappa shape index (κ2) is 5.84. The summed E-state index contributed by atoms with van der Waals surface area (Å²) in [6, 6.07) is 5.14. The third-order valence-electron chi connectivity index (χ3n) is 2.23. The normalized spacial score (nSPS) is 11.2. The number of nitrogens with one attached hydrogen (secondary N) is 1. The van der Waals surface area contributed by atoms with Gasteiger partial charge < -0.3 is 4.42 Å². The number of alkyl halides is 3. The van der Waals surface area contributed by atoms with Crippen molar-refractivity contribution < 1.29 is 14.1 Å². The molecule has 1 aromatic heterocycles. The Bertz CT molecular complexity index is 680. The molecule has 0 saturated carbocycles. The largest absolute Gasteiger partial charge is 0.403 e. The molecule has 1 amide bonds. The van der Waals surface area contributed by atoms with Gasteiger partial charge in [0.25, 0.3) is 15.4 Å². The number of carbonyl (C=O) groups excluding carboxylic acids is 1. The molecule has 0 aliphatic carbocycles. The van der Waals surface area contributed by atoms with E-state index in [-0.39, 0.29) is 17.6 Å². The molecule has 0 aliphatic rings. The van der Waals surface area contributed by atoms with Crippen molar-refractivity contribution in [2.75, 3.05) is 5.32 Å². The fourth-order valence-electron chi connectivity index (χ4n) is 1.28. The van der Waals surface area contributed by atoms with E-state index in [9.17, 15) is 14.9 Å². The van der Waals surface area contributed by atoms with Crippen molar-refractivity contribution >= 4 is 52.4 Å². The van der Waals surface area contributed by atoms with E-state index in [2.05, 4.69) is 15.5 Å². The third-order valence-corrected chi connectivity index (χ3v) is 2.74. The lowest BCUT2D eigenvalue weighted by atomic mass is 10.2. The minimum absolute atomic E-state index is 0.0458. The van der Waals surface area contributed by atoms with Crippen molar-refractivity contribution in [2.24, 2.45) is 0 Å². The van der Waals surface area contributed by atoms with Crippen molar-refractivity contribution in [1.82, 2.24) is 10.2 Å². The molecule has 8 nitrogen and oxygen atoms in total. The highest BCUT2D eigenvalue weighted by molar-refractivity contribution is 6.76. The van der Waals surface area contributed by atoms with Crippen LogP contribution < -0.4 is 5.32 Å². The van der Waals surface area contributed by atoms with Gasteiger partial charge in [0.2, 0.25) is 5.89 Å². The number of anilines is 1. The number of hydrogen-bond acceptors (Lipinski definition) is 6. The highest BCUT2D eigenvalue weighted by Crippen LogP contribution is 2.28. The number of nitrogens with zero attached hydrogens (tertiary/aromatic N) is 3. The molecular weight excluding hydrogens is 346 g/mol. The van der Waals surface area contributed by atoms with Crippen LogP contribution in [0, 0.1) is 10.1 Å². The smallest absolute Gasteiger partial charge is 0.322 e. The zero-order chi connectivity index (χ0) is 15.6. The number of halogens is 3. The van der Waals surface area contributed by atoms with Crippen LogP contribution in [0.25, 0.3) is 11.5 Å². The predicted molar refractivity (Wildman–Crippen MR) is 75.3 cm³/mol. The molecule has 0 bridgehead atoms. The number of aromatic nitrogens is 2. The highest BCUT2D eigenvalue weighted by Gasteiger charge is 2.32. The molecule has 1 heterocycles. The van der Waals surface area contributed by atoms with Crippen LogP contribution in [0.5, 0.6) is 0 Å². The maximum Gasteiger partial charge on any atom is 0.322 e. The molecule has 0 atom stereocenters. The van der Waals surface area contributed by atoms with Crippen LogP contribution in [-0.4, -0.2) is 24.8 Å². The van der Waals surface area contributed by atoms with Crippen LogP contribution in [0.4, 0.5) is 11.7 Å². The molecule has 0 fully saturated rings. The van der Waals surface area contributed by atoms with Crippen LogP contribution in [0.2, 0.25) is 0 Å². The standard InChI is InChI=1S/C10H5Cl3N4O4/c11-10(12,13)8(18)14-9-16-15-7(21-9)5-1-3-6(4-2-5)17(19)20/h1-4H,(H,14,16,18). The summed E-state index contributed by atoms with van der Waals surface area (Å²) in [5, 5.41) is 19.9. The Hall–Kier alpha value is -1.90. The zero-order valence-corrected chi connectivity index (χ0v) is 12.2. The lowest BCUT2D eigenvalue weighted by Crippen LogP contribution is -2.27. The summed E-state index contributed by atoms with van der Waals surface area (Å²) >= 11 is 16.1. The summed E-state index contributed by atoms with van der Waals surface area (Å²) in [5.74, 6) is -0.907. The maximum absolute atomic E-state index is 11.4. The second-order valence-corrected chi connectivity index (χ2v) is 5.95. The monoisotopic (exact) mass is 350 g/mol. The van der Waals surface area contributed by atoms with Gasteiger partial charge in [-0.15, -0.1) is 5.10 Å². The Morgan fingerprint density at radius 1 is 1.24 bits per heavy atom. The van der Waals surface area contributed by atoms with Gasteiger partial charge in [-0.05, 0) is 12.1 Å². The number of rotatable bonds is 3. The van der Waals surface area contributed by atoms with Gasteiger partial charge in [-0.1, -0.05) is 39.9 Å². The molecule has 110 valence electrons. The second-order valence-electron chi connectivity index (χ2n) is 3.67. The summed E-state index contributed by atoms with van der Waals surface area (Å²) in [5.41, 5.74) is 0.352. The fourth-order valence-corrected chi connectivity index (χ4v) is 1.43. The SMILES string of the molecule is O=C(Nc1nnc(-c2ccc([N+](=O)[O-])cc2)o1)C(Cl)(Cl)Cl. The van der Waals surface area contributed by atoms with Crippen molar-refractivity contribution in [3.63, 3.8) is 0 Å². The summed E-state index contributed by atoms with van der Waals surface area (Å²) in [7, 11) is 0. The van der Waals surface area contributed by atoms with E-state index in [1.807, 2.05) is 0 Å². The lowest BCUT2D eigenvalue weighted by Gasteiger charge is -2.07. The van der Waals surface area contributed by atoms with E-state index in [0.29, 0.717) is 5.56 Å². The van der Waals surface area contributed by atoms with E-state index < -0.39 is 14.6 Å². The Morgan fingerprint density at radius 2 is 1.86 bits per heavy atom. The zero-order valence-electron chi connectivity index (χ0n) is 9.92. The first-order valence-corrected chi connectivity index (χ1v) is 6.37. The summed E-state index contributed by atoms with van der Waals surface area (Å²) < 4.78 is 2.97. The molecule has 0 aliphatic heterocycles. The Labute approximate surface area is 132 Å². The van der Waals surface area contributed by atoms with Gasteiger partial charge in [0.05, 0.1) is 4.92 Å². The highest BCUT2D eigenvalue weighted by atomic mass is 35.6. The number of carbonyl (C=O) groups is 1. The average molecular weight is 352 g/mol. The van der Waals surface area contributed by atoms with Crippen molar-refractivity contribution in [2.45, 2.75) is 3.79 Å². The van der Waals surface area contributed by atoms with Gasteiger partial charge in [0.1, 0.15) is 0 Å². The molecule has 2 rings (SSSR count). The number of amides is 1. The summed E-state index contributed by atoms with van der Waals surface area (Å²) in [6.07, 6.45) is 0. The quantitative estimate of drug-likeness (QED) is 0.517. The Kier molecular flexibility index (Phi) is 4.31. The first kappa shape index (κ1) is 15.5. The number of benzene rings is 1. The van der Waals surface area contributed by atoms with E-state index in [1.165, 1.54) is 24.3 Å². The van der Waals surface area contributed by atoms with Crippen LogP contribution in [0.15, 0.2) is 28.7 Å². The van der Waals surface area contributed by atoms with Crippen LogP contribution in [-0.2, 0) is 4.79 Å². The van der Waals surface area contributed by atoms with Gasteiger partial charge in [-0.3, -0.25) is 20.2 Å².